The summed E-state index contributed by atoms with van der Waals surface area (Å²) in [5.74, 6) is 1.02. The first-order chi connectivity index (χ1) is 8.69. The molecule has 2 nitrogen and oxygen atoms in total. The standard InChI is InChI=1S/C16H27NO/c1-5-7-12-18-16-11-9-8-10-15(16)14(4)17-13(3)6-2/h8-11,13-14,17H,5-7,12H2,1-4H3/t13-,14-/m0/s1. The zero-order valence-electron chi connectivity index (χ0n) is 12.2. The summed E-state index contributed by atoms with van der Waals surface area (Å²) < 4.78 is 5.87. The maximum Gasteiger partial charge on any atom is 0.124 e. The molecule has 1 rings (SSSR count). The van der Waals surface area contributed by atoms with Crippen LogP contribution in [0.5, 0.6) is 5.75 Å². The SMILES string of the molecule is CCCCOc1ccccc1[C@H](C)N[C@@H](C)CC. The van der Waals surface area contributed by atoms with Gasteiger partial charge in [0, 0.05) is 17.6 Å². The van der Waals surface area contributed by atoms with E-state index in [2.05, 4.69) is 51.2 Å². The molecule has 0 unspecified atom stereocenters. The van der Waals surface area contributed by atoms with Crippen LogP contribution in [0.25, 0.3) is 0 Å². The topological polar surface area (TPSA) is 21.3 Å². The van der Waals surface area contributed by atoms with E-state index in [1.165, 1.54) is 12.0 Å². The third-order valence-electron chi connectivity index (χ3n) is 3.29. The number of hydrogen-bond acceptors (Lipinski definition) is 2. The first-order valence-corrected chi connectivity index (χ1v) is 7.16. The largest absolute Gasteiger partial charge is 0.493 e. The van der Waals surface area contributed by atoms with E-state index in [1.54, 1.807) is 0 Å². The molecular formula is C16H27NO. The lowest BCUT2D eigenvalue weighted by atomic mass is 10.1. The van der Waals surface area contributed by atoms with Crippen molar-refractivity contribution >= 4 is 0 Å². The predicted molar refractivity (Wildman–Crippen MR) is 78.1 cm³/mol. The van der Waals surface area contributed by atoms with Gasteiger partial charge in [-0.05, 0) is 32.8 Å². The minimum Gasteiger partial charge on any atom is -0.493 e. The van der Waals surface area contributed by atoms with E-state index in [-0.39, 0.29) is 0 Å². The summed E-state index contributed by atoms with van der Waals surface area (Å²) >= 11 is 0. The second-order valence-corrected chi connectivity index (χ2v) is 4.94. The number of rotatable bonds is 8. The van der Waals surface area contributed by atoms with Crippen LogP contribution < -0.4 is 10.1 Å². The summed E-state index contributed by atoms with van der Waals surface area (Å²) in [5, 5.41) is 3.60. The Balaban J connectivity index is 2.68. The Morgan fingerprint density at radius 3 is 2.56 bits per heavy atom. The second-order valence-electron chi connectivity index (χ2n) is 4.94. The Kier molecular flexibility index (Phi) is 6.81. The lowest BCUT2D eigenvalue weighted by molar-refractivity contribution is 0.302. The van der Waals surface area contributed by atoms with Crippen molar-refractivity contribution < 1.29 is 4.74 Å². The first-order valence-electron chi connectivity index (χ1n) is 7.16. The average molecular weight is 249 g/mol. The summed E-state index contributed by atoms with van der Waals surface area (Å²) in [6.07, 6.45) is 3.42. The molecular weight excluding hydrogens is 222 g/mol. The molecule has 0 aliphatic heterocycles. The van der Waals surface area contributed by atoms with Gasteiger partial charge in [-0.15, -0.1) is 0 Å². The predicted octanol–water partition coefficient (Wildman–Crippen LogP) is 4.31. The van der Waals surface area contributed by atoms with Gasteiger partial charge in [0.15, 0.2) is 0 Å². The van der Waals surface area contributed by atoms with Gasteiger partial charge in [0.25, 0.3) is 0 Å². The molecule has 0 spiro atoms. The van der Waals surface area contributed by atoms with Gasteiger partial charge in [-0.25, -0.2) is 0 Å². The van der Waals surface area contributed by atoms with Crippen molar-refractivity contribution in [1.29, 1.82) is 0 Å². The fourth-order valence-corrected chi connectivity index (χ4v) is 1.93. The van der Waals surface area contributed by atoms with Crippen molar-refractivity contribution in [3.05, 3.63) is 29.8 Å². The molecule has 1 N–H and O–H groups in total. The normalized spacial score (nSPS) is 14.2. The van der Waals surface area contributed by atoms with E-state index >= 15 is 0 Å². The van der Waals surface area contributed by atoms with Gasteiger partial charge in [-0.1, -0.05) is 38.5 Å². The maximum atomic E-state index is 5.87. The van der Waals surface area contributed by atoms with Gasteiger partial charge in [0.1, 0.15) is 5.75 Å². The average Bonchev–Trinajstić information content (AvgIpc) is 2.39. The molecule has 1 aromatic rings. The lowest BCUT2D eigenvalue weighted by Crippen LogP contribution is -2.28. The van der Waals surface area contributed by atoms with Crippen LogP contribution >= 0.6 is 0 Å². The molecule has 0 heterocycles. The third-order valence-corrected chi connectivity index (χ3v) is 3.29. The molecule has 102 valence electrons. The van der Waals surface area contributed by atoms with E-state index in [9.17, 15) is 0 Å². The molecule has 0 saturated carbocycles. The van der Waals surface area contributed by atoms with Crippen LogP contribution in [0.1, 0.15) is 58.6 Å². The zero-order valence-corrected chi connectivity index (χ0v) is 12.2. The van der Waals surface area contributed by atoms with Gasteiger partial charge in [0.2, 0.25) is 0 Å². The summed E-state index contributed by atoms with van der Waals surface area (Å²) in [6.45, 7) is 9.62. The lowest BCUT2D eigenvalue weighted by Gasteiger charge is -2.21. The monoisotopic (exact) mass is 249 g/mol. The van der Waals surface area contributed by atoms with E-state index in [0.717, 1.165) is 25.2 Å². The summed E-state index contributed by atoms with van der Waals surface area (Å²) in [6, 6.07) is 9.21. The molecule has 0 radical (unpaired) electrons. The molecule has 18 heavy (non-hydrogen) atoms. The third kappa shape index (κ3) is 4.69. The maximum absolute atomic E-state index is 5.87. The Bertz CT molecular complexity index is 338. The fraction of sp³-hybridized carbons (Fsp3) is 0.625. The summed E-state index contributed by atoms with van der Waals surface area (Å²) in [7, 11) is 0. The van der Waals surface area contributed by atoms with E-state index in [0.29, 0.717) is 12.1 Å². The van der Waals surface area contributed by atoms with Crippen LogP contribution in [0, 0.1) is 0 Å². The van der Waals surface area contributed by atoms with Crippen molar-refractivity contribution in [2.45, 2.75) is 59.0 Å². The smallest absolute Gasteiger partial charge is 0.124 e. The van der Waals surface area contributed by atoms with Gasteiger partial charge >= 0.3 is 0 Å². The number of nitrogens with one attached hydrogen (secondary N) is 1. The number of para-hydroxylation sites is 1. The molecule has 0 fully saturated rings. The summed E-state index contributed by atoms with van der Waals surface area (Å²) in [4.78, 5) is 0. The first kappa shape index (κ1) is 15.0. The highest BCUT2D eigenvalue weighted by Crippen LogP contribution is 2.25. The van der Waals surface area contributed by atoms with Crippen molar-refractivity contribution in [1.82, 2.24) is 5.32 Å². The van der Waals surface area contributed by atoms with Crippen molar-refractivity contribution in [3.8, 4) is 5.75 Å². The van der Waals surface area contributed by atoms with Crippen LogP contribution in [0.4, 0.5) is 0 Å². The molecule has 0 aliphatic carbocycles. The van der Waals surface area contributed by atoms with Crippen LogP contribution in [0.15, 0.2) is 24.3 Å². The molecule has 2 heteroatoms. The highest BCUT2D eigenvalue weighted by atomic mass is 16.5. The fourth-order valence-electron chi connectivity index (χ4n) is 1.93. The van der Waals surface area contributed by atoms with E-state index in [4.69, 9.17) is 4.74 Å². The van der Waals surface area contributed by atoms with Crippen LogP contribution in [0.2, 0.25) is 0 Å². The molecule has 0 aromatic heterocycles. The minimum absolute atomic E-state index is 0.331. The molecule has 1 aromatic carbocycles. The van der Waals surface area contributed by atoms with Crippen molar-refractivity contribution in [3.63, 3.8) is 0 Å². The van der Waals surface area contributed by atoms with Gasteiger partial charge in [-0.2, -0.15) is 0 Å². The highest BCUT2D eigenvalue weighted by Gasteiger charge is 2.12. The molecule has 0 aliphatic rings. The number of benzene rings is 1. The Morgan fingerprint density at radius 1 is 1.17 bits per heavy atom. The van der Waals surface area contributed by atoms with Gasteiger partial charge < -0.3 is 10.1 Å². The molecule has 0 bridgehead atoms. The van der Waals surface area contributed by atoms with E-state index < -0.39 is 0 Å². The van der Waals surface area contributed by atoms with E-state index in [1.807, 2.05) is 6.07 Å². The van der Waals surface area contributed by atoms with Crippen LogP contribution in [-0.2, 0) is 0 Å². The molecule has 2 atom stereocenters. The minimum atomic E-state index is 0.331. The molecule has 0 amide bonds. The Morgan fingerprint density at radius 2 is 1.89 bits per heavy atom. The van der Waals surface area contributed by atoms with Crippen LogP contribution in [0.3, 0.4) is 0 Å². The number of hydrogen-bond donors (Lipinski definition) is 1. The quantitative estimate of drug-likeness (QED) is 0.693. The van der Waals surface area contributed by atoms with Gasteiger partial charge in [0.05, 0.1) is 6.61 Å². The zero-order chi connectivity index (χ0) is 13.4. The Labute approximate surface area is 112 Å². The number of ether oxygens (including phenoxy) is 1. The molecule has 0 saturated heterocycles. The van der Waals surface area contributed by atoms with Crippen LogP contribution in [-0.4, -0.2) is 12.6 Å². The summed E-state index contributed by atoms with van der Waals surface area (Å²) in [5.41, 5.74) is 1.26. The number of unbranched alkanes of at least 4 members (excludes halogenated alkanes) is 1. The van der Waals surface area contributed by atoms with Gasteiger partial charge in [-0.3, -0.25) is 0 Å². The van der Waals surface area contributed by atoms with Crippen molar-refractivity contribution in [2.75, 3.05) is 6.61 Å². The highest BCUT2D eigenvalue weighted by molar-refractivity contribution is 5.35. The van der Waals surface area contributed by atoms with Crippen molar-refractivity contribution in [2.24, 2.45) is 0 Å². The Hall–Kier alpha value is -1.02. The second kappa shape index (κ2) is 8.15.